The number of anilines is 3. The van der Waals surface area contributed by atoms with Crippen LogP contribution in [0, 0.1) is 6.92 Å². The molecular formula is C16H15N5O2S2. The number of nitrogens with one attached hydrogen (secondary N) is 2. The summed E-state index contributed by atoms with van der Waals surface area (Å²) in [6, 6.07) is 3.70. The monoisotopic (exact) mass is 373 g/mol. The van der Waals surface area contributed by atoms with Crippen molar-refractivity contribution in [3.8, 4) is 5.88 Å². The van der Waals surface area contributed by atoms with Crippen LogP contribution in [-0.4, -0.2) is 21.0 Å². The Morgan fingerprint density at radius 1 is 1.36 bits per heavy atom. The lowest BCUT2D eigenvalue weighted by atomic mass is 10.3. The number of ether oxygens (including phenoxy) is 1. The fraction of sp³-hybridized carbons (Fsp3) is 0.250. The molecule has 2 N–H and O–H groups in total. The second kappa shape index (κ2) is 6.77. The number of aryl methyl sites for hydroxylation is 1. The van der Waals surface area contributed by atoms with Crippen molar-refractivity contribution >= 4 is 44.6 Å². The average Bonchev–Trinajstić information content (AvgIpc) is 3.25. The average molecular weight is 373 g/mol. The van der Waals surface area contributed by atoms with Crippen LogP contribution in [0.1, 0.15) is 29.5 Å². The number of hydrogen-bond acceptors (Lipinski definition) is 8. The van der Waals surface area contributed by atoms with Crippen LogP contribution in [-0.2, 0) is 0 Å². The molecule has 9 heteroatoms. The topological polar surface area (TPSA) is 89.0 Å². The summed E-state index contributed by atoms with van der Waals surface area (Å²) in [6.07, 6.45) is 5.13. The molecule has 0 unspecified atom stereocenters. The zero-order valence-corrected chi connectivity index (χ0v) is 15.0. The first-order chi connectivity index (χ1) is 12.2. The number of aromatic nitrogens is 3. The first-order valence-corrected chi connectivity index (χ1v) is 9.46. The van der Waals surface area contributed by atoms with Crippen molar-refractivity contribution in [2.45, 2.75) is 25.7 Å². The third kappa shape index (κ3) is 3.94. The number of pyridine rings is 1. The van der Waals surface area contributed by atoms with Crippen LogP contribution in [0.4, 0.5) is 20.6 Å². The first-order valence-electron chi connectivity index (χ1n) is 7.76. The van der Waals surface area contributed by atoms with Crippen LogP contribution in [0.5, 0.6) is 5.88 Å². The van der Waals surface area contributed by atoms with Crippen LogP contribution in [0.25, 0.3) is 0 Å². The molecule has 1 amide bonds. The Kier molecular flexibility index (Phi) is 4.33. The number of amides is 1. The van der Waals surface area contributed by atoms with Gasteiger partial charge < -0.3 is 10.1 Å². The Morgan fingerprint density at radius 3 is 3.00 bits per heavy atom. The van der Waals surface area contributed by atoms with E-state index in [0.717, 1.165) is 16.4 Å². The van der Waals surface area contributed by atoms with Gasteiger partial charge in [0, 0.05) is 17.5 Å². The lowest BCUT2D eigenvalue weighted by Crippen LogP contribution is -2.17. The standard InChI is InChI=1S/C16H15N5O2S2/c1-9-18-13(14(25-9)19-11-3-2-6-17-7-11)23-16(22)21-15-20-12(8-24-15)10-4-5-10/h2-3,6-8,10,19H,4-5H2,1H3,(H,20,21,22). The van der Waals surface area contributed by atoms with Crippen molar-refractivity contribution in [3.63, 3.8) is 0 Å². The summed E-state index contributed by atoms with van der Waals surface area (Å²) in [5.74, 6) is 0.794. The van der Waals surface area contributed by atoms with E-state index < -0.39 is 6.09 Å². The molecule has 0 radical (unpaired) electrons. The largest absolute Gasteiger partial charge is 0.420 e. The minimum atomic E-state index is -0.601. The van der Waals surface area contributed by atoms with E-state index in [9.17, 15) is 4.79 Å². The summed E-state index contributed by atoms with van der Waals surface area (Å²) < 4.78 is 5.36. The Bertz CT molecular complexity index is 889. The molecule has 25 heavy (non-hydrogen) atoms. The molecule has 1 aliphatic carbocycles. The summed E-state index contributed by atoms with van der Waals surface area (Å²) in [5, 5.41) is 9.80. The maximum atomic E-state index is 12.1. The molecule has 0 bridgehead atoms. The third-order valence-electron chi connectivity index (χ3n) is 3.54. The Balaban J connectivity index is 1.43. The lowest BCUT2D eigenvalue weighted by molar-refractivity contribution is 0.214. The van der Waals surface area contributed by atoms with Crippen LogP contribution >= 0.6 is 22.7 Å². The maximum Gasteiger partial charge on any atom is 0.420 e. The van der Waals surface area contributed by atoms with Crippen molar-refractivity contribution < 1.29 is 9.53 Å². The van der Waals surface area contributed by atoms with E-state index in [1.54, 1.807) is 12.4 Å². The quantitative estimate of drug-likeness (QED) is 0.683. The van der Waals surface area contributed by atoms with Crippen LogP contribution in [0.2, 0.25) is 0 Å². The number of nitrogens with zero attached hydrogens (tertiary/aromatic N) is 3. The van der Waals surface area contributed by atoms with E-state index >= 15 is 0 Å². The van der Waals surface area contributed by atoms with Crippen LogP contribution in [0.3, 0.4) is 0 Å². The summed E-state index contributed by atoms with van der Waals surface area (Å²) >= 11 is 2.81. The van der Waals surface area contributed by atoms with Gasteiger partial charge >= 0.3 is 6.09 Å². The fourth-order valence-electron chi connectivity index (χ4n) is 2.23. The van der Waals surface area contributed by atoms with E-state index in [0.29, 0.717) is 16.1 Å². The molecule has 0 spiro atoms. The van der Waals surface area contributed by atoms with Crippen molar-refractivity contribution in [1.82, 2.24) is 15.0 Å². The van der Waals surface area contributed by atoms with E-state index in [2.05, 4.69) is 25.6 Å². The fourth-order valence-corrected chi connectivity index (χ4v) is 3.78. The Labute approximate surface area is 152 Å². The number of thiazole rings is 2. The van der Waals surface area contributed by atoms with E-state index in [4.69, 9.17) is 4.74 Å². The van der Waals surface area contributed by atoms with Gasteiger partial charge in [0.25, 0.3) is 5.88 Å². The minimum absolute atomic E-state index is 0.239. The van der Waals surface area contributed by atoms with E-state index in [-0.39, 0.29) is 5.88 Å². The highest BCUT2D eigenvalue weighted by Crippen LogP contribution is 2.41. The molecule has 1 saturated carbocycles. The molecule has 0 saturated heterocycles. The van der Waals surface area contributed by atoms with Gasteiger partial charge in [-0.05, 0) is 31.9 Å². The molecule has 128 valence electrons. The van der Waals surface area contributed by atoms with Crippen LogP contribution in [0.15, 0.2) is 29.9 Å². The van der Waals surface area contributed by atoms with Gasteiger partial charge in [-0.25, -0.2) is 14.8 Å². The molecule has 3 aromatic heterocycles. The second-order valence-electron chi connectivity index (χ2n) is 5.60. The molecule has 1 fully saturated rings. The van der Waals surface area contributed by atoms with Gasteiger partial charge in [0.15, 0.2) is 10.1 Å². The summed E-state index contributed by atoms with van der Waals surface area (Å²) in [4.78, 5) is 24.9. The highest BCUT2D eigenvalue weighted by molar-refractivity contribution is 7.16. The Morgan fingerprint density at radius 2 is 2.24 bits per heavy atom. The predicted octanol–water partition coefficient (Wildman–Crippen LogP) is 4.53. The van der Waals surface area contributed by atoms with Crippen molar-refractivity contribution in [3.05, 3.63) is 40.6 Å². The van der Waals surface area contributed by atoms with Gasteiger partial charge in [0.05, 0.1) is 22.6 Å². The number of carbonyl (C=O) groups is 1. The lowest BCUT2D eigenvalue weighted by Gasteiger charge is -2.06. The molecular weight excluding hydrogens is 358 g/mol. The Hall–Kier alpha value is -2.52. The van der Waals surface area contributed by atoms with Gasteiger partial charge in [-0.3, -0.25) is 10.3 Å². The maximum absolute atomic E-state index is 12.1. The van der Waals surface area contributed by atoms with E-state index in [1.807, 2.05) is 24.4 Å². The van der Waals surface area contributed by atoms with Gasteiger partial charge in [0.2, 0.25) is 0 Å². The summed E-state index contributed by atoms with van der Waals surface area (Å²) in [5.41, 5.74) is 1.84. The zero-order chi connectivity index (χ0) is 17.2. The highest BCUT2D eigenvalue weighted by Gasteiger charge is 2.26. The smallest absolute Gasteiger partial charge is 0.388 e. The number of hydrogen-bond donors (Lipinski definition) is 2. The normalized spacial score (nSPS) is 13.5. The molecule has 3 aromatic rings. The van der Waals surface area contributed by atoms with Crippen molar-refractivity contribution in [1.29, 1.82) is 0 Å². The zero-order valence-electron chi connectivity index (χ0n) is 13.4. The molecule has 3 heterocycles. The third-order valence-corrected chi connectivity index (χ3v) is 5.18. The van der Waals surface area contributed by atoms with Crippen molar-refractivity contribution in [2.75, 3.05) is 10.6 Å². The number of rotatable bonds is 5. The molecule has 0 aromatic carbocycles. The first kappa shape index (κ1) is 16.0. The molecule has 0 atom stereocenters. The predicted molar refractivity (Wildman–Crippen MR) is 98.1 cm³/mol. The molecule has 1 aliphatic rings. The molecule has 7 nitrogen and oxygen atoms in total. The SMILES string of the molecule is Cc1nc(OC(=O)Nc2nc(C3CC3)cs2)c(Nc2cccnc2)s1. The van der Waals surface area contributed by atoms with Gasteiger partial charge in [0.1, 0.15) is 0 Å². The minimum Gasteiger partial charge on any atom is -0.388 e. The van der Waals surface area contributed by atoms with Gasteiger partial charge in [-0.1, -0.05) is 11.3 Å². The van der Waals surface area contributed by atoms with Gasteiger partial charge in [-0.2, -0.15) is 0 Å². The van der Waals surface area contributed by atoms with Crippen LogP contribution < -0.4 is 15.4 Å². The van der Waals surface area contributed by atoms with E-state index in [1.165, 1.54) is 35.5 Å². The highest BCUT2D eigenvalue weighted by atomic mass is 32.1. The molecule has 4 rings (SSSR count). The van der Waals surface area contributed by atoms with Crippen molar-refractivity contribution in [2.24, 2.45) is 0 Å². The number of carbonyl (C=O) groups excluding carboxylic acids is 1. The summed E-state index contributed by atoms with van der Waals surface area (Å²) in [7, 11) is 0. The summed E-state index contributed by atoms with van der Waals surface area (Å²) in [6.45, 7) is 1.85. The second-order valence-corrected chi connectivity index (χ2v) is 7.66. The molecule has 0 aliphatic heterocycles. The van der Waals surface area contributed by atoms with Gasteiger partial charge in [-0.15, -0.1) is 11.3 Å².